The molecule has 0 unspecified atom stereocenters. The molecule has 2 aliphatic heterocycles. The lowest BCUT2D eigenvalue weighted by molar-refractivity contribution is 0.0536. The number of piperidine rings is 1. The Labute approximate surface area is 166 Å². The van der Waals surface area contributed by atoms with E-state index in [1.165, 1.54) is 5.56 Å². The number of H-pyrrole nitrogens is 1. The summed E-state index contributed by atoms with van der Waals surface area (Å²) in [5.74, 6) is 2.08. The van der Waals surface area contributed by atoms with Gasteiger partial charge in [-0.3, -0.25) is 9.69 Å². The molecule has 0 bridgehead atoms. The van der Waals surface area contributed by atoms with Gasteiger partial charge in [-0.05, 0) is 38.3 Å². The molecule has 2 saturated heterocycles. The number of nitrogens with zero attached hydrogens (tertiary/aromatic N) is 5. The highest BCUT2D eigenvalue weighted by Gasteiger charge is 2.30. The molecule has 0 atom stereocenters. The number of piperazine rings is 1. The van der Waals surface area contributed by atoms with E-state index in [4.69, 9.17) is 4.98 Å². The van der Waals surface area contributed by atoms with Gasteiger partial charge in [0.1, 0.15) is 17.3 Å². The van der Waals surface area contributed by atoms with Gasteiger partial charge in [0.2, 0.25) is 0 Å². The van der Waals surface area contributed by atoms with E-state index in [1.807, 2.05) is 30.2 Å². The second kappa shape index (κ2) is 8.31. The van der Waals surface area contributed by atoms with Crippen molar-refractivity contribution in [3.8, 4) is 0 Å². The molecule has 0 aliphatic carbocycles. The minimum absolute atomic E-state index is 0.116. The molecule has 4 heterocycles. The molecule has 28 heavy (non-hydrogen) atoms. The van der Waals surface area contributed by atoms with Crippen LogP contribution < -0.4 is 4.90 Å². The standard InChI is InChI=1S/C21H30N6O/c1-3-17-15-23-16(2)24-20(17)26-9-6-18(7-10-26)25-11-13-27(14-12-25)21(28)19-5-4-8-22-19/h4-5,8,15,18,22H,3,6-7,9-14H2,1-2H3. The first-order chi connectivity index (χ1) is 13.7. The van der Waals surface area contributed by atoms with Crippen molar-refractivity contribution in [2.45, 2.75) is 39.2 Å². The van der Waals surface area contributed by atoms with Crippen LogP contribution in [0.25, 0.3) is 0 Å². The number of hydrogen-bond donors (Lipinski definition) is 1. The number of aromatic amines is 1. The molecule has 2 aliphatic rings. The van der Waals surface area contributed by atoms with E-state index < -0.39 is 0 Å². The minimum atomic E-state index is 0.116. The molecule has 0 spiro atoms. The molecule has 0 aromatic carbocycles. The van der Waals surface area contributed by atoms with Crippen molar-refractivity contribution in [3.63, 3.8) is 0 Å². The maximum Gasteiger partial charge on any atom is 0.270 e. The number of hydrogen-bond acceptors (Lipinski definition) is 5. The molecular weight excluding hydrogens is 352 g/mol. The molecule has 1 N–H and O–H groups in total. The van der Waals surface area contributed by atoms with Crippen LogP contribution in [0, 0.1) is 6.92 Å². The van der Waals surface area contributed by atoms with Crippen molar-refractivity contribution in [3.05, 3.63) is 41.6 Å². The lowest BCUT2D eigenvalue weighted by Crippen LogP contribution is -2.54. The molecule has 2 aromatic rings. The van der Waals surface area contributed by atoms with E-state index in [-0.39, 0.29) is 5.91 Å². The van der Waals surface area contributed by atoms with Gasteiger partial charge in [0, 0.05) is 63.3 Å². The van der Waals surface area contributed by atoms with Crippen LogP contribution in [0.4, 0.5) is 5.82 Å². The summed E-state index contributed by atoms with van der Waals surface area (Å²) in [6, 6.07) is 4.33. The van der Waals surface area contributed by atoms with Crippen LogP contribution in [0.3, 0.4) is 0 Å². The number of anilines is 1. The molecule has 7 nitrogen and oxygen atoms in total. The number of carbonyl (C=O) groups excluding carboxylic acids is 1. The van der Waals surface area contributed by atoms with Crippen LogP contribution in [0.15, 0.2) is 24.5 Å². The Morgan fingerprint density at radius 3 is 2.57 bits per heavy atom. The van der Waals surface area contributed by atoms with Gasteiger partial charge in [-0.1, -0.05) is 6.92 Å². The highest BCUT2D eigenvalue weighted by molar-refractivity contribution is 5.92. The normalized spacial score (nSPS) is 19.2. The monoisotopic (exact) mass is 382 g/mol. The van der Waals surface area contributed by atoms with Crippen LogP contribution in [0.2, 0.25) is 0 Å². The number of aryl methyl sites for hydroxylation is 2. The fourth-order valence-electron chi connectivity index (χ4n) is 4.37. The lowest BCUT2D eigenvalue weighted by Gasteiger charge is -2.43. The quantitative estimate of drug-likeness (QED) is 0.877. The van der Waals surface area contributed by atoms with E-state index in [0.717, 1.165) is 70.2 Å². The summed E-state index contributed by atoms with van der Waals surface area (Å²) < 4.78 is 0. The summed E-state index contributed by atoms with van der Waals surface area (Å²) >= 11 is 0. The number of carbonyl (C=O) groups is 1. The molecule has 1 amide bonds. The summed E-state index contributed by atoms with van der Waals surface area (Å²) in [5, 5.41) is 0. The topological polar surface area (TPSA) is 68.4 Å². The first kappa shape index (κ1) is 18.9. The molecule has 7 heteroatoms. The predicted octanol–water partition coefficient (Wildman–Crippen LogP) is 2.10. The second-order valence-electron chi connectivity index (χ2n) is 7.75. The zero-order chi connectivity index (χ0) is 19.5. The fourth-order valence-corrected chi connectivity index (χ4v) is 4.37. The largest absolute Gasteiger partial charge is 0.357 e. The zero-order valence-corrected chi connectivity index (χ0v) is 16.9. The number of amides is 1. The molecule has 150 valence electrons. The summed E-state index contributed by atoms with van der Waals surface area (Å²) in [5.41, 5.74) is 1.93. The van der Waals surface area contributed by atoms with Crippen molar-refractivity contribution in [1.82, 2.24) is 24.8 Å². The third-order valence-electron chi connectivity index (χ3n) is 6.05. The van der Waals surface area contributed by atoms with Crippen molar-refractivity contribution < 1.29 is 4.79 Å². The Morgan fingerprint density at radius 1 is 1.18 bits per heavy atom. The summed E-state index contributed by atoms with van der Waals surface area (Å²) in [6.45, 7) is 9.74. The first-order valence-electron chi connectivity index (χ1n) is 10.4. The second-order valence-corrected chi connectivity index (χ2v) is 7.75. The third-order valence-corrected chi connectivity index (χ3v) is 6.05. The van der Waals surface area contributed by atoms with Crippen molar-refractivity contribution >= 4 is 11.7 Å². The van der Waals surface area contributed by atoms with Gasteiger partial charge >= 0.3 is 0 Å². The molecule has 0 radical (unpaired) electrons. The van der Waals surface area contributed by atoms with Crippen molar-refractivity contribution in [2.75, 3.05) is 44.2 Å². The first-order valence-corrected chi connectivity index (χ1v) is 10.4. The SMILES string of the molecule is CCc1cnc(C)nc1N1CCC(N2CCN(C(=O)c3ccc[nH]3)CC2)CC1. The van der Waals surface area contributed by atoms with E-state index >= 15 is 0 Å². The highest BCUT2D eigenvalue weighted by atomic mass is 16.2. The zero-order valence-electron chi connectivity index (χ0n) is 16.9. The van der Waals surface area contributed by atoms with Crippen molar-refractivity contribution in [1.29, 1.82) is 0 Å². The Kier molecular flexibility index (Phi) is 5.62. The maximum absolute atomic E-state index is 12.5. The average molecular weight is 383 g/mol. The van der Waals surface area contributed by atoms with E-state index in [1.54, 1.807) is 6.20 Å². The summed E-state index contributed by atoms with van der Waals surface area (Å²) in [4.78, 5) is 31.5. The maximum atomic E-state index is 12.5. The lowest BCUT2D eigenvalue weighted by atomic mass is 10.0. The van der Waals surface area contributed by atoms with E-state index in [2.05, 4.69) is 26.7 Å². The number of rotatable bonds is 4. The molecule has 2 fully saturated rings. The summed E-state index contributed by atoms with van der Waals surface area (Å²) in [7, 11) is 0. The molecule has 2 aromatic heterocycles. The van der Waals surface area contributed by atoms with Gasteiger partial charge in [-0.25, -0.2) is 9.97 Å². The van der Waals surface area contributed by atoms with Crippen molar-refractivity contribution in [2.24, 2.45) is 0 Å². The van der Waals surface area contributed by atoms with Crippen LogP contribution in [0.1, 0.15) is 41.6 Å². The van der Waals surface area contributed by atoms with Crippen LogP contribution >= 0.6 is 0 Å². The Balaban J connectivity index is 1.30. The molecule has 4 rings (SSSR count). The Bertz CT molecular complexity index is 789. The van der Waals surface area contributed by atoms with Gasteiger partial charge in [-0.15, -0.1) is 0 Å². The smallest absolute Gasteiger partial charge is 0.270 e. The molecule has 0 saturated carbocycles. The van der Waals surface area contributed by atoms with E-state index in [0.29, 0.717) is 11.7 Å². The third kappa shape index (κ3) is 3.90. The van der Waals surface area contributed by atoms with Gasteiger partial charge in [0.05, 0.1) is 0 Å². The van der Waals surface area contributed by atoms with Crippen LogP contribution in [-0.4, -0.2) is 76.0 Å². The molecular formula is C21H30N6O. The number of aromatic nitrogens is 3. The average Bonchev–Trinajstić information content (AvgIpc) is 3.28. The number of nitrogens with one attached hydrogen (secondary N) is 1. The minimum Gasteiger partial charge on any atom is -0.357 e. The highest BCUT2D eigenvalue weighted by Crippen LogP contribution is 2.25. The van der Waals surface area contributed by atoms with Gasteiger partial charge in [-0.2, -0.15) is 0 Å². The fraction of sp³-hybridized carbons (Fsp3) is 0.571. The Hall–Kier alpha value is -2.41. The van der Waals surface area contributed by atoms with Gasteiger partial charge in [0.15, 0.2) is 0 Å². The summed E-state index contributed by atoms with van der Waals surface area (Å²) in [6.07, 6.45) is 7.05. The van der Waals surface area contributed by atoms with Crippen LogP contribution in [-0.2, 0) is 6.42 Å². The van der Waals surface area contributed by atoms with Gasteiger partial charge in [0.25, 0.3) is 5.91 Å². The van der Waals surface area contributed by atoms with E-state index in [9.17, 15) is 4.79 Å². The predicted molar refractivity (Wildman–Crippen MR) is 110 cm³/mol. The Morgan fingerprint density at radius 2 is 1.93 bits per heavy atom. The van der Waals surface area contributed by atoms with Crippen LogP contribution in [0.5, 0.6) is 0 Å². The van der Waals surface area contributed by atoms with Gasteiger partial charge < -0.3 is 14.8 Å².